The molecule has 2 heterocycles. The van der Waals surface area contributed by atoms with E-state index in [1.807, 2.05) is 0 Å². The van der Waals surface area contributed by atoms with Crippen molar-refractivity contribution in [2.75, 3.05) is 18.3 Å². The maximum atomic E-state index is 15.0. The Hall–Kier alpha value is -3.87. The molecule has 4 aromatic rings. The van der Waals surface area contributed by atoms with Crippen LogP contribution in [0.2, 0.25) is 0 Å². The molecule has 4 rings (SSSR count). The summed E-state index contributed by atoms with van der Waals surface area (Å²) in [5.74, 6) is 0.600. The van der Waals surface area contributed by atoms with E-state index in [2.05, 4.69) is 35.3 Å². The van der Waals surface area contributed by atoms with Crippen LogP contribution >= 0.6 is 11.6 Å². The Morgan fingerprint density at radius 1 is 1.16 bits per heavy atom. The van der Waals surface area contributed by atoms with Crippen LogP contribution in [0.3, 0.4) is 0 Å². The maximum Gasteiger partial charge on any atom is 0.573 e. The number of ether oxygens (including phenoxy) is 2. The number of nitrogens with one attached hydrogen (secondary N) is 2. The lowest BCUT2D eigenvalue weighted by Crippen LogP contribution is -2.17. The molecule has 0 saturated heterocycles. The van der Waals surface area contributed by atoms with Gasteiger partial charge in [0, 0.05) is 23.6 Å². The Bertz CT molecular complexity index is 1360. The number of aromatic amines is 1. The van der Waals surface area contributed by atoms with Crippen LogP contribution in [0, 0.1) is 12.7 Å². The van der Waals surface area contributed by atoms with Gasteiger partial charge in [0.1, 0.15) is 35.2 Å². The van der Waals surface area contributed by atoms with Crippen LogP contribution in [0.15, 0.2) is 42.7 Å². The van der Waals surface area contributed by atoms with Crippen LogP contribution in [0.5, 0.6) is 11.5 Å². The first-order chi connectivity index (χ1) is 18.2. The highest BCUT2D eigenvalue weighted by Gasteiger charge is 2.31. The van der Waals surface area contributed by atoms with Crippen molar-refractivity contribution in [1.29, 1.82) is 0 Å². The Balaban J connectivity index is 1.56. The largest absolute Gasteiger partial charge is 0.573 e. The van der Waals surface area contributed by atoms with Gasteiger partial charge >= 0.3 is 6.36 Å². The van der Waals surface area contributed by atoms with Gasteiger partial charge in [-0.15, -0.1) is 29.9 Å². The number of nitrogens with zero attached hydrogens (tertiary/aromatic N) is 5. The maximum absolute atomic E-state index is 15.0. The van der Waals surface area contributed by atoms with Gasteiger partial charge in [-0.1, -0.05) is 18.6 Å². The standard InChI is InChI=1S/C24H24ClF4N7O2/c1-14-30-13-36(35-14)21-19(26)11-16(12-20(21)37-2)31-23-32-22(33-34-23)18(5-3-4-10-25)15-6-8-17(9-7-15)38-24(27,28)29/h6-9,11-13,18H,3-5,10H2,1-2H3,(H2,31,32,33,34). The number of anilines is 2. The molecular formula is C24H24ClF4N7O2. The summed E-state index contributed by atoms with van der Waals surface area (Å²) in [4.78, 5) is 8.52. The summed E-state index contributed by atoms with van der Waals surface area (Å²) in [5, 5.41) is 14.1. The molecule has 2 N–H and O–H groups in total. The van der Waals surface area contributed by atoms with E-state index >= 15 is 4.39 Å². The van der Waals surface area contributed by atoms with Crippen LogP contribution in [-0.2, 0) is 0 Å². The number of aryl methyl sites for hydroxylation is 1. The number of unbranched alkanes of at least 4 members (excludes halogenated alkanes) is 1. The number of alkyl halides is 4. The lowest BCUT2D eigenvalue weighted by Gasteiger charge is -2.16. The van der Waals surface area contributed by atoms with Crippen LogP contribution in [0.25, 0.3) is 5.69 Å². The Morgan fingerprint density at radius 3 is 2.55 bits per heavy atom. The molecule has 9 nitrogen and oxygen atoms in total. The molecule has 202 valence electrons. The van der Waals surface area contributed by atoms with E-state index < -0.39 is 12.2 Å². The molecule has 0 saturated carbocycles. The first-order valence-corrected chi connectivity index (χ1v) is 12.1. The molecule has 0 amide bonds. The second-order valence-electron chi connectivity index (χ2n) is 8.27. The quantitative estimate of drug-likeness (QED) is 0.133. The highest BCUT2D eigenvalue weighted by atomic mass is 35.5. The number of aromatic nitrogens is 6. The number of hydrogen-bond donors (Lipinski definition) is 2. The van der Waals surface area contributed by atoms with Crippen molar-refractivity contribution >= 4 is 23.2 Å². The van der Waals surface area contributed by atoms with Crippen molar-refractivity contribution in [1.82, 2.24) is 29.9 Å². The zero-order valence-corrected chi connectivity index (χ0v) is 21.1. The van der Waals surface area contributed by atoms with Crippen molar-refractivity contribution in [2.45, 2.75) is 38.5 Å². The molecule has 0 spiro atoms. The van der Waals surface area contributed by atoms with Crippen molar-refractivity contribution in [3.05, 3.63) is 65.8 Å². The lowest BCUT2D eigenvalue weighted by atomic mass is 9.93. The smallest absolute Gasteiger partial charge is 0.494 e. The number of halogens is 5. The summed E-state index contributed by atoms with van der Waals surface area (Å²) in [6.07, 6.45) is -1.26. The number of H-pyrrole nitrogens is 1. The summed E-state index contributed by atoms with van der Waals surface area (Å²) in [6.45, 7) is 1.69. The summed E-state index contributed by atoms with van der Waals surface area (Å²) < 4.78 is 63.2. The SMILES string of the molecule is COc1cc(Nc2n[nH]c(C(CCCCCl)c3ccc(OC(F)(F)F)cc3)n2)cc(F)c1-n1cnc(C)n1. The molecule has 1 unspecified atom stereocenters. The summed E-state index contributed by atoms with van der Waals surface area (Å²) in [5.41, 5.74) is 1.15. The number of rotatable bonds is 11. The fourth-order valence-electron chi connectivity index (χ4n) is 3.90. The molecule has 2 aromatic heterocycles. The predicted molar refractivity (Wildman–Crippen MR) is 132 cm³/mol. The zero-order chi connectivity index (χ0) is 27.3. The molecule has 0 aliphatic carbocycles. The highest BCUT2D eigenvalue weighted by Crippen LogP contribution is 2.33. The highest BCUT2D eigenvalue weighted by molar-refractivity contribution is 6.17. The van der Waals surface area contributed by atoms with E-state index in [0.29, 0.717) is 29.6 Å². The first-order valence-electron chi connectivity index (χ1n) is 11.5. The molecule has 0 aliphatic rings. The minimum absolute atomic E-state index is 0.103. The van der Waals surface area contributed by atoms with Gasteiger partial charge in [0.05, 0.1) is 7.11 Å². The minimum atomic E-state index is -4.78. The van der Waals surface area contributed by atoms with E-state index in [0.717, 1.165) is 18.4 Å². The van der Waals surface area contributed by atoms with E-state index in [9.17, 15) is 13.2 Å². The van der Waals surface area contributed by atoms with Gasteiger partial charge in [-0.05, 0) is 43.5 Å². The molecule has 0 fully saturated rings. The minimum Gasteiger partial charge on any atom is -0.494 e. The molecule has 14 heteroatoms. The second-order valence-corrected chi connectivity index (χ2v) is 8.65. The Labute approximate surface area is 220 Å². The number of methoxy groups -OCH3 is 1. The third kappa shape index (κ3) is 6.71. The molecule has 0 radical (unpaired) electrons. The fraction of sp³-hybridized carbons (Fsp3) is 0.333. The van der Waals surface area contributed by atoms with Gasteiger partial charge in [0.25, 0.3) is 0 Å². The molecule has 2 aromatic carbocycles. The third-order valence-corrected chi connectivity index (χ3v) is 5.83. The van der Waals surface area contributed by atoms with Crippen molar-refractivity contribution < 1.29 is 27.0 Å². The van der Waals surface area contributed by atoms with Gasteiger partial charge < -0.3 is 14.8 Å². The summed E-state index contributed by atoms with van der Waals surface area (Å²) in [6, 6.07) is 8.42. The van der Waals surface area contributed by atoms with E-state index in [1.165, 1.54) is 36.3 Å². The normalized spacial score (nSPS) is 12.4. The van der Waals surface area contributed by atoms with Crippen LogP contribution < -0.4 is 14.8 Å². The zero-order valence-electron chi connectivity index (χ0n) is 20.4. The van der Waals surface area contributed by atoms with Crippen molar-refractivity contribution in [3.63, 3.8) is 0 Å². The van der Waals surface area contributed by atoms with Crippen molar-refractivity contribution in [2.24, 2.45) is 0 Å². The summed E-state index contributed by atoms with van der Waals surface area (Å²) >= 11 is 5.82. The van der Waals surface area contributed by atoms with E-state index in [-0.39, 0.29) is 29.1 Å². The number of benzene rings is 2. The van der Waals surface area contributed by atoms with Gasteiger partial charge in [-0.2, -0.15) is 10.1 Å². The van der Waals surface area contributed by atoms with Gasteiger partial charge in [0.15, 0.2) is 5.82 Å². The topological polar surface area (TPSA) is 103 Å². The Morgan fingerprint density at radius 2 is 1.92 bits per heavy atom. The van der Waals surface area contributed by atoms with Crippen LogP contribution in [0.1, 0.15) is 42.4 Å². The van der Waals surface area contributed by atoms with Gasteiger partial charge in [-0.3, -0.25) is 5.10 Å². The number of hydrogen-bond acceptors (Lipinski definition) is 7. The van der Waals surface area contributed by atoms with Crippen LogP contribution in [-0.4, -0.2) is 49.3 Å². The predicted octanol–water partition coefficient (Wildman–Crippen LogP) is 6.02. The molecule has 0 bridgehead atoms. The average molecular weight is 554 g/mol. The first kappa shape index (κ1) is 27.2. The van der Waals surface area contributed by atoms with E-state index in [1.54, 1.807) is 25.1 Å². The average Bonchev–Trinajstić information content (AvgIpc) is 3.50. The van der Waals surface area contributed by atoms with Gasteiger partial charge in [0.2, 0.25) is 5.95 Å². The second kappa shape index (κ2) is 11.7. The summed E-state index contributed by atoms with van der Waals surface area (Å²) in [7, 11) is 1.41. The third-order valence-electron chi connectivity index (χ3n) is 5.57. The van der Waals surface area contributed by atoms with E-state index in [4.69, 9.17) is 16.3 Å². The van der Waals surface area contributed by atoms with Crippen molar-refractivity contribution in [3.8, 4) is 17.2 Å². The molecule has 1 atom stereocenters. The van der Waals surface area contributed by atoms with Gasteiger partial charge in [-0.25, -0.2) is 14.1 Å². The Kier molecular flexibility index (Phi) is 8.35. The van der Waals surface area contributed by atoms with Crippen LogP contribution in [0.4, 0.5) is 29.2 Å². The molecular weight excluding hydrogens is 530 g/mol. The fourth-order valence-corrected chi connectivity index (χ4v) is 4.09. The lowest BCUT2D eigenvalue weighted by molar-refractivity contribution is -0.274. The molecule has 38 heavy (non-hydrogen) atoms. The monoisotopic (exact) mass is 553 g/mol. The molecule has 0 aliphatic heterocycles.